The monoisotopic (exact) mass is 418 g/mol. The molecule has 0 saturated heterocycles. The number of hydrogen-bond donors (Lipinski definition) is 3. The van der Waals surface area contributed by atoms with Crippen LogP contribution in [0.1, 0.15) is 28.7 Å². The number of benzene rings is 2. The number of para-hydroxylation sites is 1. The number of fused-ring (bicyclic) bond motifs is 1. The van der Waals surface area contributed by atoms with Crippen LogP contribution in [0.15, 0.2) is 59.5 Å². The molecule has 0 bridgehead atoms. The normalized spacial score (nSPS) is 12.1. The number of aryl methyl sites for hydroxylation is 1. The molecule has 0 aliphatic rings. The van der Waals surface area contributed by atoms with E-state index in [2.05, 4.69) is 32.4 Å². The van der Waals surface area contributed by atoms with E-state index in [1.807, 2.05) is 36.5 Å². The summed E-state index contributed by atoms with van der Waals surface area (Å²) in [6.45, 7) is 2.38. The van der Waals surface area contributed by atoms with Crippen LogP contribution >= 0.6 is 0 Å². The van der Waals surface area contributed by atoms with Crippen molar-refractivity contribution in [3.8, 4) is 11.5 Å². The molecule has 0 aliphatic heterocycles. The first-order valence-electron chi connectivity index (χ1n) is 10.1. The fourth-order valence-corrected chi connectivity index (χ4v) is 3.81. The van der Waals surface area contributed by atoms with Gasteiger partial charge in [-0.1, -0.05) is 24.3 Å². The van der Waals surface area contributed by atoms with E-state index in [4.69, 9.17) is 9.47 Å². The molecule has 0 radical (unpaired) electrons. The zero-order valence-electron chi connectivity index (χ0n) is 17.9. The van der Waals surface area contributed by atoms with E-state index in [-0.39, 0.29) is 11.6 Å². The summed E-state index contributed by atoms with van der Waals surface area (Å²) >= 11 is 0. The Bertz CT molecular complexity index is 1250. The van der Waals surface area contributed by atoms with E-state index in [0.717, 1.165) is 11.1 Å². The number of rotatable bonds is 8. The Morgan fingerprint density at radius 2 is 1.87 bits per heavy atom. The molecule has 3 N–H and O–H groups in total. The van der Waals surface area contributed by atoms with Gasteiger partial charge in [-0.05, 0) is 42.7 Å². The Kier molecular flexibility index (Phi) is 6.04. The van der Waals surface area contributed by atoms with E-state index in [0.29, 0.717) is 36.0 Å². The second-order valence-corrected chi connectivity index (χ2v) is 7.44. The quantitative estimate of drug-likeness (QED) is 0.406. The summed E-state index contributed by atoms with van der Waals surface area (Å²) in [5, 5.41) is 4.74. The van der Waals surface area contributed by atoms with Crippen molar-refractivity contribution in [3.63, 3.8) is 0 Å². The lowest BCUT2D eigenvalue weighted by molar-refractivity contribution is 0.354. The summed E-state index contributed by atoms with van der Waals surface area (Å²) < 4.78 is 10.7. The zero-order chi connectivity index (χ0) is 21.8. The van der Waals surface area contributed by atoms with Gasteiger partial charge in [0.25, 0.3) is 5.56 Å². The smallest absolute Gasteiger partial charge is 0.251 e. The van der Waals surface area contributed by atoms with Crippen LogP contribution in [-0.2, 0) is 13.0 Å². The number of aromatic nitrogens is 3. The van der Waals surface area contributed by atoms with Gasteiger partial charge in [-0.25, -0.2) is 4.98 Å². The maximum absolute atomic E-state index is 12.1. The number of aromatic amines is 2. The maximum atomic E-state index is 12.1. The topological polar surface area (TPSA) is 92.0 Å². The van der Waals surface area contributed by atoms with Crippen molar-refractivity contribution in [2.75, 3.05) is 14.2 Å². The van der Waals surface area contributed by atoms with Gasteiger partial charge in [0.15, 0.2) is 11.5 Å². The first kappa shape index (κ1) is 20.7. The second-order valence-electron chi connectivity index (χ2n) is 7.44. The van der Waals surface area contributed by atoms with Crippen molar-refractivity contribution in [3.05, 3.63) is 87.7 Å². The van der Waals surface area contributed by atoms with Crippen molar-refractivity contribution in [1.29, 1.82) is 0 Å². The fourth-order valence-electron chi connectivity index (χ4n) is 3.81. The molecule has 7 heteroatoms. The highest BCUT2D eigenvalue weighted by atomic mass is 16.5. The van der Waals surface area contributed by atoms with Crippen LogP contribution in [0.25, 0.3) is 10.9 Å². The van der Waals surface area contributed by atoms with Crippen LogP contribution < -0.4 is 20.3 Å². The van der Waals surface area contributed by atoms with Gasteiger partial charge in [0.1, 0.15) is 5.82 Å². The Labute approximate surface area is 180 Å². The van der Waals surface area contributed by atoms with E-state index >= 15 is 0 Å². The molecule has 0 unspecified atom stereocenters. The van der Waals surface area contributed by atoms with E-state index in [1.165, 1.54) is 10.9 Å². The lowest BCUT2D eigenvalue weighted by atomic mass is 10.0. The van der Waals surface area contributed by atoms with E-state index < -0.39 is 0 Å². The Balaban J connectivity index is 1.63. The van der Waals surface area contributed by atoms with Crippen molar-refractivity contribution in [2.24, 2.45) is 0 Å². The van der Waals surface area contributed by atoms with E-state index in [9.17, 15) is 4.79 Å². The highest BCUT2D eigenvalue weighted by molar-refractivity contribution is 5.83. The van der Waals surface area contributed by atoms with Gasteiger partial charge >= 0.3 is 0 Å². The van der Waals surface area contributed by atoms with Gasteiger partial charge in [0.2, 0.25) is 0 Å². The molecule has 0 aliphatic carbocycles. The second kappa shape index (κ2) is 9.06. The van der Waals surface area contributed by atoms with Gasteiger partial charge in [-0.2, -0.15) is 0 Å². The first-order valence-corrected chi connectivity index (χ1v) is 10.1. The van der Waals surface area contributed by atoms with Gasteiger partial charge in [0.05, 0.1) is 26.0 Å². The molecule has 0 spiro atoms. The highest BCUT2D eigenvalue weighted by Crippen LogP contribution is 2.28. The molecule has 0 amide bonds. The number of nitrogens with zero attached hydrogens (tertiary/aromatic N) is 1. The minimum Gasteiger partial charge on any atom is -0.493 e. The van der Waals surface area contributed by atoms with Crippen molar-refractivity contribution in [2.45, 2.75) is 25.9 Å². The van der Waals surface area contributed by atoms with Crippen LogP contribution in [0.3, 0.4) is 0 Å². The van der Waals surface area contributed by atoms with Crippen LogP contribution in [0, 0.1) is 6.92 Å². The maximum Gasteiger partial charge on any atom is 0.251 e. The van der Waals surface area contributed by atoms with Gasteiger partial charge in [-0.3, -0.25) is 4.79 Å². The third-order valence-electron chi connectivity index (χ3n) is 5.34. The summed E-state index contributed by atoms with van der Waals surface area (Å²) in [7, 11) is 3.24. The van der Waals surface area contributed by atoms with Gasteiger partial charge in [-0.15, -0.1) is 0 Å². The third-order valence-corrected chi connectivity index (χ3v) is 5.34. The molecule has 2 heterocycles. The summed E-state index contributed by atoms with van der Waals surface area (Å²) in [6, 6.07) is 15.4. The van der Waals surface area contributed by atoms with Crippen LogP contribution in [-0.4, -0.2) is 29.2 Å². The minimum atomic E-state index is -0.153. The molecule has 2 aromatic carbocycles. The van der Waals surface area contributed by atoms with E-state index in [1.54, 1.807) is 27.2 Å². The largest absolute Gasteiger partial charge is 0.493 e. The molecular formula is C24H26N4O3. The Hall–Kier alpha value is -3.58. The number of nitrogens with one attached hydrogen (secondary N) is 3. The molecule has 160 valence electrons. The van der Waals surface area contributed by atoms with Crippen LogP contribution in [0.5, 0.6) is 11.5 Å². The lowest BCUT2D eigenvalue weighted by Crippen LogP contribution is -2.26. The molecule has 4 rings (SSSR count). The molecular weight excluding hydrogens is 392 g/mol. The SMILES string of the molecule is COc1ccc(CN[C@@H](Cc2c[nH]c3ccccc23)c2cc(=O)[nH]c(C)n2)cc1OC. The van der Waals surface area contributed by atoms with Crippen LogP contribution in [0.2, 0.25) is 0 Å². The lowest BCUT2D eigenvalue weighted by Gasteiger charge is -2.19. The third kappa shape index (κ3) is 4.62. The predicted molar refractivity (Wildman–Crippen MR) is 121 cm³/mol. The number of hydrogen-bond acceptors (Lipinski definition) is 5. The summed E-state index contributed by atoms with van der Waals surface area (Å²) in [4.78, 5) is 22.7. The summed E-state index contributed by atoms with van der Waals surface area (Å²) in [6.07, 6.45) is 2.71. The van der Waals surface area contributed by atoms with Crippen molar-refractivity contribution in [1.82, 2.24) is 20.3 Å². The highest BCUT2D eigenvalue weighted by Gasteiger charge is 2.17. The Morgan fingerprint density at radius 1 is 1.06 bits per heavy atom. The van der Waals surface area contributed by atoms with Gasteiger partial charge < -0.3 is 24.8 Å². The zero-order valence-corrected chi connectivity index (χ0v) is 17.9. The van der Waals surface area contributed by atoms with Crippen LogP contribution in [0.4, 0.5) is 0 Å². The molecule has 0 saturated carbocycles. The standard InChI is InChI=1S/C24H26N4O3/c1-15-27-21(12-24(29)28-15)20(11-17-14-26-19-7-5-4-6-18(17)19)25-13-16-8-9-22(30-2)23(10-16)31-3/h4-10,12,14,20,25-26H,11,13H2,1-3H3,(H,27,28,29)/t20-/m0/s1. The fraction of sp³-hybridized carbons (Fsp3) is 0.250. The molecule has 4 aromatic rings. The predicted octanol–water partition coefficient (Wildman–Crippen LogP) is 3.65. The van der Waals surface area contributed by atoms with Crippen molar-refractivity contribution < 1.29 is 9.47 Å². The molecule has 1 atom stereocenters. The van der Waals surface area contributed by atoms with Crippen molar-refractivity contribution >= 4 is 10.9 Å². The number of H-pyrrole nitrogens is 2. The average molecular weight is 418 g/mol. The number of ether oxygens (including phenoxy) is 2. The molecule has 7 nitrogen and oxygen atoms in total. The molecule has 0 fully saturated rings. The average Bonchev–Trinajstić information content (AvgIpc) is 3.18. The number of methoxy groups -OCH3 is 2. The minimum absolute atomic E-state index is 0.145. The molecule has 2 aromatic heterocycles. The van der Waals surface area contributed by atoms with Gasteiger partial charge in [0, 0.05) is 29.7 Å². The summed E-state index contributed by atoms with van der Waals surface area (Å²) in [5.41, 5.74) is 3.86. The Morgan fingerprint density at radius 3 is 2.65 bits per heavy atom. The first-order chi connectivity index (χ1) is 15.1. The molecule has 31 heavy (non-hydrogen) atoms. The summed E-state index contributed by atoms with van der Waals surface area (Å²) in [5.74, 6) is 1.97.